The average molecular weight is 297 g/mol. The molecular formula is C14H14ClFN2O2. The molecule has 106 valence electrons. The monoisotopic (exact) mass is 296 g/mol. The predicted molar refractivity (Wildman–Crippen MR) is 74.7 cm³/mol. The maximum absolute atomic E-state index is 13.7. The number of halogens is 2. The number of H-pyrrole nitrogens is 1. The second kappa shape index (κ2) is 6.05. The van der Waals surface area contributed by atoms with Crippen LogP contribution in [0.15, 0.2) is 23.0 Å². The highest BCUT2D eigenvalue weighted by atomic mass is 35.5. The maximum Gasteiger partial charge on any atom is 0.257 e. The third-order valence-corrected chi connectivity index (χ3v) is 3.30. The number of rotatable bonds is 4. The van der Waals surface area contributed by atoms with E-state index in [1.165, 1.54) is 12.1 Å². The van der Waals surface area contributed by atoms with Gasteiger partial charge in [0.2, 0.25) is 5.88 Å². The normalized spacial score (nSPS) is 10.8. The van der Waals surface area contributed by atoms with Crippen molar-refractivity contribution in [2.75, 3.05) is 0 Å². The fourth-order valence-corrected chi connectivity index (χ4v) is 2.19. The van der Waals surface area contributed by atoms with Gasteiger partial charge in [0.25, 0.3) is 5.56 Å². The minimum Gasteiger partial charge on any atom is -0.493 e. The molecule has 0 amide bonds. The molecule has 1 aromatic heterocycles. The van der Waals surface area contributed by atoms with Crippen molar-refractivity contribution in [3.05, 3.63) is 56.3 Å². The van der Waals surface area contributed by atoms with Gasteiger partial charge in [0.05, 0.1) is 5.56 Å². The summed E-state index contributed by atoms with van der Waals surface area (Å²) in [6.45, 7) is 1.89. The van der Waals surface area contributed by atoms with Crippen molar-refractivity contribution in [3.63, 3.8) is 0 Å². The van der Waals surface area contributed by atoms with Crippen LogP contribution in [0.2, 0.25) is 5.02 Å². The standard InChI is InChI=1S/C14H14ClFN2O2/c1-2-4-8-13(19)17-12(18-14(8)20)7-9-10(15)5-3-6-11(9)16/h3,5-6H,2,4,7H2,1H3,(H2,17,18,19,20). The zero-order chi connectivity index (χ0) is 14.7. The van der Waals surface area contributed by atoms with Crippen LogP contribution in [-0.2, 0) is 12.8 Å². The second-order valence-electron chi connectivity index (χ2n) is 4.44. The molecule has 1 heterocycles. The van der Waals surface area contributed by atoms with Gasteiger partial charge in [0, 0.05) is 17.0 Å². The van der Waals surface area contributed by atoms with E-state index in [0.29, 0.717) is 6.42 Å². The summed E-state index contributed by atoms with van der Waals surface area (Å²) < 4.78 is 13.7. The Morgan fingerprint density at radius 1 is 1.40 bits per heavy atom. The van der Waals surface area contributed by atoms with Crippen molar-refractivity contribution in [2.45, 2.75) is 26.2 Å². The number of hydrogen-bond donors (Lipinski definition) is 2. The van der Waals surface area contributed by atoms with Gasteiger partial charge in [0.15, 0.2) is 0 Å². The molecule has 0 aliphatic heterocycles. The number of aromatic nitrogens is 2. The number of nitrogens with zero attached hydrogens (tertiary/aromatic N) is 1. The first-order valence-corrected chi connectivity index (χ1v) is 6.64. The third-order valence-electron chi connectivity index (χ3n) is 2.95. The first kappa shape index (κ1) is 14.5. The first-order chi connectivity index (χ1) is 9.52. The van der Waals surface area contributed by atoms with Gasteiger partial charge in [-0.15, -0.1) is 0 Å². The Bertz CT molecular complexity index is 665. The van der Waals surface area contributed by atoms with Gasteiger partial charge >= 0.3 is 0 Å². The Morgan fingerprint density at radius 3 is 2.75 bits per heavy atom. The van der Waals surface area contributed by atoms with Gasteiger partial charge in [-0.25, -0.2) is 4.39 Å². The van der Waals surface area contributed by atoms with Gasteiger partial charge in [0.1, 0.15) is 11.6 Å². The van der Waals surface area contributed by atoms with E-state index in [4.69, 9.17) is 11.6 Å². The molecule has 0 radical (unpaired) electrons. The molecular weight excluding hydrogens is 283 g/mol. The van der Waals surface area contributed by atoms with Crippen LogP contribution in [0.4, 0.5) is 4.39 Å². The second-order valence-corrected chi connectivity index (χ2v) is 4.85. The molecule has 0 saturated carbocycles. The quantitative estimate of drug-likeness (QED) is 0.912. The molecule has 4 nitrogen and oxygen atoms in total. The molecule has 2 N–H and O–H groups in total. The molecule has 0 spiro atoms. The van der Waals surface area contributed by atoms with Crippen LogP contribution in [-0.4, -0.2) is 15.1 Å². The minimum absolute atomic E-state index is 0.0146. The van der Waals surface area contributed by atoms with Crippen molar-refractivity contribution < 1.29 is 9.50 Å². The van der Waals surface area contributed by atoms with Crippen molar-refractivity contribution in [1.29, 1.82) is 0 Å². The average Bonchev–Trinajstić information content (AvgIpc) is 2.38. The molecule has 20 heavy (non-hydrogen) atoms. The van der Waals surface area contributed by atoms with Gasteiger partial charge < -0.3 is 10.1 Å². The lowest BCUT2D eigenvalue weighted by molar-refractivity contribution is 0.439. The number of benzene rings is 1. The minimum atomic E-state index is -0.475. The predicted octanol–water partition coefficient (Wildman–Crippen LogP) is 2.81. The number of aromatic hydroxyl groups is 1. The van der Waals surface area contributed by atoms with Crippen molar-refractivity contribution in [3.8, 4) is 5.88 Å². The summed E-state index contributed by atoms with van der Waals surface area (Å²) in [5.41, 5.74) is 0.0812. The van der Waals surface area contributed by atoms with Crippen LogP contribution >= 0.6 is 11.6 Å². The van der Waals surface area contributed by atoms with E-state index in [2.05, 4.69) is 9.97 Å². The maximum atomic E-state index is 13.7. The summed E-state index contributed by atoms with van der Waals surface area (Å²) >= 11 is 5.92. The number of nitrogens with one attached hydrogen (secondary N) is 1. The lowest BCUT2D eigenvalue weighted by Crippen LogP contribution is -2.17. The zero-order valence-corrected chi connectivity index (χ0v) is 11.7. The first-order valence-electron chi connectivity index (χ1n) is 6.26. The molecule has 0 aliphatic carbocycles. The summed E-state index contributed by atoms with van der Waals surface area (Å²) in [6, 6.07) is 4.34. The van der Waals surface area contributed by atoms with E-state index in [9.17, 15) is 14.3 Å². The molecule has 0 bridgehead atoms. The van der Waals surface area contributed by atoms with Crippen molar-refractivity contribution >= 4 is 11.6 Å². The smallest absolute Gasteiger partial charge is 0.257 e. The van der Waals surface area contributed by atoms with Crippen LogP contribution in [0.25, 0.3) is 0 Å². The lowest BCUT2D eigenvalue weighted by atomic mass is 10.1. The van der Waals surface area contributed by atoms with E-state index in [1.807, 2.05) is 6.92 Å². The van der Waals surface area contributed by atoms with Crippen LogP contribution in [0.5, 0.6) is 5.88 Å². The molecule has 0 aliphatic rings. The molecule has 2 rings (SSSR count). The van der Waals surface area contributed by atoms with Gasteiger partial charge in [-0.3, -0.25) is 4.79 Å². The summed E-state index contributed by atoms with van der Waals surface area (Å²) in [5, 5.41) is 10.0. The van der Waals surface area contributed by atoms with E-state index >= 15 is 0 Å². The Balaban J connectivity index is 2.38. The van der Waals surface area contributed by atoms with Gasteiger partial charge in [-0.1, -0.05) is 31.0 Å². The Hall–Kier alpha value is -1.88. The van der Waals surface area contributed by atoms with Crippen LogP contribution in [0.1, 0.15) is 30.3 Å². The molecule has 2 aromatic rings. The third kappa shape index (κ3) is 2.99. The van der Waals surface area contributed by atoms with Crippen LogP contribution < -0.4 is 5.56 Å². The Kier molecular flexibility index (Phi) is 4.39. The molecule has 0 saturated heterocycles. The fourth-order valence-electron chi connectivity index (χ4n) is 1.96. The summed E-state index contributed by atoms with van der Waals surface area (Å²) in [7, 11) is 0. The highest BCUT2D eigenvalue weighted by Gasteiger charge is 2.13. The summed E-state index contributed by atoms with van der Waals surface area (Å²) in [4.78, 5) is 18.3. The van der Waals surface area contributed by atoms with Crippen molar-refractivity contribution in [1.82, 2.24) is 9.97 Å². The topological polar surface area (TPSA) is 66.0 Å². The molecule has 0 atom stereocenters. The van der Waals surface area contributed by atoms with E-state index < -0.39 is 11.4 Å². The SMILES string of the molecule is CCCc1c(O)nc(Cc2c(F)cccc2Cl)[nH]c1=O. The van der Waals surface area contributed by atoms with Crippen LogP contribution in [0, 0.1) is 5.82 Å². The molecule has 0 unspecified atom stereocenters. The summed E-state index contributed by atoms with van der Waals surface area (Å²) in [6.07, 6.45) is 1.17. The molecule has 6 heteroatoms. The Labute approximate surface area is 120 Å². The molecule has 1 aromatic carbocycles. The lowest BCUT2D eigenvalue weighted by Gasteiger charge is -2.07. The number of hydrogen-bond acceptors (Lipinski definition) is 3. The number of aromatic amines is 1. The van der Waals surface area contributed by atoms with Crippen LogP contribution in [0.3, 0.4) is 0 Å². The summed E-state index contributed by atoms with van der Waals surface area (Å²) in [5.74, 6) is -0.602. The van der Waals surface area contributed by atoms with E-state index in [0.717, 1.165) is 6.42 Å². The molecule has 0 fully saturated rings. The highest BCUT2D eigenvalue weighted by Crippen LogP contribution is 2.21. The van der Waals surface area contributed by atoms with E-state index in [-0.39, 0.29) is 34.3 Å². The van der Waals surface area contributed by atoms with Crippen molar-refractivity contribution in [2.24, 2.45) is 0 Å². The van der Waals surface area contributed by atoms with Gasteiger partial charge in [-0.2, -0.15) is 4.98 Å². The van der Waals surface area contributed by atoms with E-state index in [1.54, 1.807) is 6.07 Å². The zero-order valence-electron chi connectivity index (χ0n) is 10.9. The largest absolute Gasteiger partial charge is 0.493 e. The highest BCUT2D eigenvalue weighted by molar-refractivity contribution is 6.31. The Morgan fingerprint density at radius 2 is 2.15 bits per heavy atom. The van der Waals surface area contributed by atoms with Gasteiger partial charge in [-0.05, 0) is 18.6 Å². The fraction of sp³-hybridized carbons (Fsp3) is 0.286.